The molecule has 0 aliphatic carbocycles. The summed E-state index contributed by atoms with van der Waals surface area (Å²) >= 11 is 0. The summed E-state index contributed by atoms with van der Waals surface area (Å²) in [7, 11) is 5.09. The maximum Gasteiger partial charge on any atom is 0.130 e. The fourth-order valence-corrected chi connectivity index (χ4v) is 4.42. The Morgan fingerprint density at radius 3 is 2.14 bits per heavy atom. The number of hydrogen-bond acceptors (Lipinski definition) is 4. The van der Waals surface area contributed by atoms with Gasteiger partial charge in [-0.15, -0.1) is 0 Å². The van der Waals surface area contributed by atoms with Crippen LogP contribution in [0.2, 0.25) is 0 Å². The first-order valence-electron chi connectivity index (χ1n) is 11.6. The molecule has 0 amide bonds. The molecule has 0 saturated heterocycles. The molecule has 0 saturated carbocycles. The van der Waals surface area contributed by atoms with Crippen molar-refractivity contribution in [2.45, 2.75) is 12.8 Å². The molecule has 1 heterocycles. The standard InChI is InChI=1S/C31H28O4/c1-32-25-13-16-29-24(20-25)12-9-23-11-15-31(34-3)28(19-23)27-18-22(10-14-30(27)33-2)8-7-21-5-4-6-26(17-21)35-29/h4-8,10-11,13-20H,9,12H2,1-3H3/b8-7-. The molecule has 4 aromatic rings. The predicted octanol–water partition coefficient (Wildman–Crippen LogP) is 7.44. The van der Waals surface area contributed by atoms with Gasteiger partial charge in [0.05, 0.1) is 21.3 Å². The first-order chi connectivity index (χ1) is 17.2. The van der Waals surface area contributed by atoms with Gasteiger partial charge in [0, 0.05) is 11.1 Å². The van der Waals surface area contributed by atoms with Crippen molar-refractivity contribution < 1.29 is 18.9 Å². The molecule has 4 aromatic carbocycles. The molecule has 0 radical (unpaired) electrons. The van der Waals surface area contributed by atoms with E-state index in [0.717, 1.165) is 69.4 Å². The van der Waals surface area contributed by atoms with Crippen molar-refractivity contribution >= 4 is 12.2 Å². The zero-order valence-corrected chi connectivity index (χ0v) is 20.2. The molecule has 0 N–H and O–H groups in total. The second-order valence-electron chi connectivity index (χ2n) is 8.48. The molecule has 0 aromatic heterocycles. The molecule has 6 bridgehead atoms. The van der Waals surface area contributed by atoms with Gasteiger partial charge in [0.25, 0.3) is 0 Å². The zero-order valence-electron chi connectivity index (χ0n) is 20.2. The minimum absolute atomic E-state index is 0.799. The van der Waals surface area contributed by atoms with E-state index in [1.165, 1.54) is 5.56 Å². The largest absolute Gasteiger partial charge is 0.497 e. The summed E-state index contributed by atoms with van der Waals surface area (Å²) in [6.07, 6.45) is 5.83. The van der Waals surface area contributed by atoms with Crippen LogP contribution in [0.4, 0.5) is 0 Å². The van der Waals surface area contributed by atoms with E-state index in [1.807, 2.05) is 42.5 Å². The quantitative estimate of drug-likeness (QED) is 0.316. The second kappa shape index (κ2) is 9.98. The van der Waals surface area contributed by atoms with E-state index >= 15 is 0 Å². The summed E-state index contributed by atoms with van der Waals surface area (Å²) in [4.78, 5) is 0. The number of rotatable bonds is 3. The van der Waals surface area contributed by atoms with Crippen LogP contribution < -0.4 is 18.9 Å². The smallest absolute Gasteiger partial charge is 0.130 e. The number of benzene rings is 4. The van der Waals surface area contributed by atoms with Crippen molar-refractivity contribution in [1.82, 2.24) is 0 Å². The number of ether oxygens (including phenoxy) is 4. The monoisotopic (exact) mass is 464 g/mol. The number of fused-ring (bicyclic) bond motifs is 8. The first-order valence-corrected chi connectivity index (χ1v) is 11.6. The van der Waals surface area contributed by atoms with Crippen molar-refractivity contribution in [1.29, 1.82) is 0 Å². The molecular weight excluding hydrogens is 436 g/mol. The Morgan fingerprint density at radius 1 is 0.629 bits per heavy atom. The van der Waals surface area contributed by atoms with Gasteiger partial charge in [-0.3, -0.25) is 0 Å². The van der Waals surface area contributed by atoms with Crippen LogP contribution in [0.1, 0.15) is 22.3 Å². The average molecular weight is 465 g/mol. The van der Waals surface area contributed by atoms with Gasteiger partial charge in [0.1, 0.15) is 28.7 Å². The average Bonchev–Trinajstić information content (AvgIpc) is 2.90. The topological polar surface area (TPSA) is 36.9 Å². The Hall–Kier alpha value is -4.18. The Morgan fingerprint density at radius 2 is 1.37 bits per heavy atom. The fourth-order valence-electron chi connectivity index (χ4n) is 4.42. The highest BCUT2D eigenvalue weighted by Gasteiger charge is 2.15. The van der Waals surface area contributed by atoms with Gasteiger partial charge in [-0.05, 0) is 89.7 Å². The normalized spacial score (nSPS) is 13.2. The highest BCUT2D eigenvalue weighted by Crippen LogP contribution is 2.39. The lowest BCUT2D eigenvalue weighted by atomic mass is 9.96. The summed E-state index contributed by atoms with van der Waals surface area (Å²) in [5, 5.41) is 0. The Kier molecular flexibility index (Phi) is 6.44. The van der Waals surface area contributed by atoms with Gasteiger partial charge < -0.3 is 18.9 Å². The van der Waals surface area contributed by atoms with Crippen LogP contribution in [0.5, 0.6) is 28.7 Å². The molecule has 35 heavy (non-hydrogen) atoms. The third-order valence-corrected chi connectivity index (χ3v) is 6.28. The van der Waals surface area contributed by atoms with Crippen LogP contribution in [0.3, 0.4) is 0 Å². The van der Waals surface area contributed by atoms with Gasteiger partial charge in [-0.1, -0.05) is 36.4 Å². The van der Waals surface area contributed by atoms with Crippen LogP contribution in [-0.4, -0.2) is 21.3 Å². The SMILES string of the molecule is COc1ccc2c(c1)CCc1ccc(OC)c(c1)-c1cc(ccc1OC)/C=C\c1cccc(c1)O2. The van der Waals surface area contributed by atoms with E-state index in [0.29, 0.717) is 0 Å². The van der Waals surface area contributed by atoms with Crippen molar-refractivity contribution in [2.75, 3.05) is 21.3 Å². The van der Waals surface area contributed by atoms with Gasteiger partial charge >= 0.3 is 0 Å². The maximum absolute atomic E-state index is 6.34. The molecule has 1 aliphatic heterocycles. The summed E-state index contributed by atoms with van der Waals surface area (Å²) in [5.74, 6) is 4.07. The molecule has 4 heteroatoms. The summed E-state index contributed by atoms with van der Waals surface area (Å²) in [6, 6.07) is 26.6. The van der Waals surface area contributed by atoms with Crippen LogP contribution in [0.15, 0.2) is 78.9 Å². The van der Waals surface area contributed by atoms with E-state index < -0.39 is 0 Å². The van der Waals surface area contributed by atoms with Crippen molar-refractivity contribution in [2.24, 2.45) is 0 Å². The van der Waals surface area contributed by atoms with Crippen LogP contribution in [-0.2, 0) is 12.8 Å². The van der Waals surface area contributed by atoms with Crippen LogP contribution in [0, 0.1) is 0 Å². The fraction of sp³-hybridized carbons (Fsp3) is 0.161. The first kappa shape index (κ1) is 22.6. The number of hydrogen-bond donors (Lipinski definition) is 0. The minimum atomic E-state index is 0.799. The molecule has 0 spiro atoms. The van der Waals surface area contributed by atoms with Crippen molar-refractivity contribution in [3.05, 3.63) is 101 Å². The number of aryl methyl sites for hydroxylation is 2. The van der Waals surface area contributed by atoms with Crippen LogP contribution in [0.25, 0.3) is 23.3 Å². The van der Waals surface area contributed by atoms with Gasteiger partial charge in [-0.25, -0.2) is 0 Å². The Labute approximate surface area is 206 Å². The van der Waals surface area contributed by atoms with E-state index in [9.17, 15) is 0 Å². The summed E-state index contributed by atoms with van der Waals surface area (Å²) in [6.45, 7) is 0. The lowest BCUT2D eigenvalue weighted by Gasteiger charge is -2.16. The highest BCUT2D eigenvalue weighted by molar-refractivity contribution is 5.80. The van der Waals surface area contributed by atoms with Crippen LogP contribution >= 0.6 is 0 Å². The van der Waals surface area contributed by atoms with Crippen molar-refractivity contribution in [3.8, 4) is 39.9 Å². The van der Waals surface area contributed by atoms with E-state index in [2.05, 4.69) is 48.6 Å². The summed E-state index contributed by atoms with van der Waals surface area (Å²) in [5.41, 5.74) is 6.43. The molecule has 4 nitrogen and oxygen atoms in total. The molecule has 176 valence electrons. The third-order valence-electron chi connectivity index (χ3n) is 6.28. The number of methoxy groups -OCH3 is 3. The lowest BCUT2D eigenvalue weighted by molar-refractivity contribution is 0.410. The third kappa shape index (κ3) is 4.87. The second-order valence-corrected chi connectivity index (χ2v) is 8.48. The molecule has 0 fully saturated rings. The molecular formula is C31H28O4. The van der Waals surface area contributed by atoms with Gasteiger partial charge in [-0.2, -0.15) is 0 Å². The molecule has 5 rings (SSSR count). The predicted molar refractivity (Wildman–Crippen MR) is 141 cm³/mol. The molecule has 0 atom stereocenters. The molecule has 1 aliphatic rings. The van der Waals surface area contributed by atoms with E-state index in [1.54, 1.807) is 21.3 Å². The lowest BCUT2D eigenvalue weighted by Crippen LogP contribution is -1.99. The molecule has 0 unspecified atom stereocenters. The van der Waals surface area contributed by atoms with E-state index in [4.69, 9.17) is 18.9 Å². The van der Waals surface area contributed by atoms with E-state index in [-0.39, 0.29) is 0 Å². The Balaban J connectivity index is 1.68. The maximum atomic E-state index is 6.34. The zero-order chi connectivity index (χ0) is 24.2. The minimum Gasteiger partial charge on any atom is -0.497 e. The van der Waals surface area contributed by atoms with Gasteiger partial charge in [0.2, 0.25) is 0 Å². The summed E-state index contributed by atoms with van der Waals surface area (Å²) < 4.78 is 23.3. The van der Waals surface area contributed by atoms with Crippen molar-refractivity contribution in [3.63, 3.8) is 0 Å². The Bertz CT molecular complexity index is 1390. The van der Waals surface area contributed by atoms with Gasteiger partial charge in [0.15, 0.2) is 0 Å². The highest BCUT2D eigenvalue weighted by atomic mass is 16.5.